The number of anilines is 2. The number of nitrogens with one attached hydrogen (secondary N) is 1. The monoisotopic (exact) mass is 492 g/mol. The number of hydrogen-bond acceptors (Lipinski definition) is 7. The Labute approximate surface area is 212 Å². The van der Waals surface area contributed by atoms with Crippen molar-refractivity contribution in [1.29, 1.82) is 0 Å². The maximum Gasteiger partial charge on any atom is 0.252 e. The number of nitrogens with two attached hydrogens (primary N) is 1. The predicted molar refractivity (Wildman–Crippen MR) is 142 cm³/mol. The molecule has 4 N–H and O–H groups in total. The second kappa shape index (κ2) is 11.6. The molecule has 2 heterocycles. The number of methoxy groups -OCH3 is 1. The third-order valence-electron chi connectivity index (χ3n) is 7.08. The van der Waals surface area contributed by atoms with Crippen molar-refractivity contribution < 1.29 is 19.4 Å². The summed E-state index contributed by atoms with van der Waals surface area (Å²) in [4.78, 5) is 19.3. The number of nitrogens with zero attached hydrogens (tertiary/aromatic N) is 2. The van der Waals surface area contributed by atoms with E-state index in [9.17, 15) is 9.90 Å². The minimum atomic E-state index is -0.589. The number of amides is 1. The molecule has 1 aliphatic heterocycles. The third kappa shape index (κ3) is 5.55. The van der Waals surface area contributed by atoms with Crippen LogP contribution in [-0.4, -0.2) is 53.7 Å². The van der Waals surface area contributed by atoms with Crippen molar-refractivity contribution in [3.63, 3.8) is 0 Å². The summed E-state index contributed by atoms with van der Waals surface area (Å²) < 4.78 is 11.8. The Morgan fingerprint density at radius 2 is 2.11 bits per heavy atom. The Kier molecular flexibility index (Phi) is 8.28. The number of fused-ring (bicyclic) bond motifs is 1. The molecule has 0 bridgehead atoms. The van der Waals surface area contributed by atoms with Gasteiger partial charge in [-0.1, -0.05) is 18.6 Å². The summed E-state index contributed by atoms with van der Waals surface area (Å²) in [5.41, 5.74) is 9.59. The zero-order valence-electron chi connectivity index (χ0n) is 21.3. The van der Waals surface area contributed by atoms with Crippen LogP contribution < -0.4 is 20.5 Å². The molecule has 0 aliphatic carbocycles. The summed E-state index contributed by atoms with van der Waals surface area (Å²) >= 11 is 0. The van der Waals surface area contributed by atoms with Crippen LogP contribution in [0, 0.1) is 6.92 Å². The summed E-state index contributed by atoms with van der Waals surface area (Å²) in [7, 11) is 1.59. The van der Waals surface area contributed by atoms with Crippen molar-refractivity contribution in [2.45, 2.75) is 52.2 Å². The van der Waals surface area contributed by atoms with Gasteiger partial charge in [0.25, 0.3) is 5.91 Å². The number of likely N-dealkylation sites (tertiary alicyclic amines) is 1. The van der Waals surface area contributed by atoms with Gasteiger partial charge in [0, 0.05) is 35.9 Å². The topological polar surface area (TPSA) is 110 Å². The van der Waals surface area contributed by atoms with Crippen LogP contribution in [0.3, 0.4) is 0 Å². The molecular formula is C28H36N4O4. The Morgan fingerprint density at radius 1 is 1.28 bits per heavy atom. The number of ether oxygens (including phenoxy) is 2. The molecule has 1 amide bonds. The van der Waals surface area contributed by atoms with Crippen LogP contribution >= 0.6 is 0 Å². The molecule has 1 atom stereocenters. The molecule has 0 spiro atoms. The van der Waals surface area contributed by atoms with E-state index in [0.717, 1.165) is 36.3 Å². The highest BCUT2D eigenvalue weighted by Gasteiger charge is 2.19. The zero-order valence-corrected chi connectivity index (χ0v) is 21.3. The normalized spacial score (nSPS) is 16.2. The van der Waals surface area contributed by atoms with Gasteiger partial charge in [0.05, 0.1) is 37.1 Å². The molecule has 1 unspecified atom stereocenters. The summed E-state index contributed by atoms with van der Waals surface area (Å²) in [5.74, 6) is 0.579. The molecular weight excluding hydrogens is 456 g/mol. The summed E-state index contributed by atoms with van der Waals surface area (Å²) in [5, 5.41) is 13.7. The standard InChI is InChI=1S/C28H36N4O4/c1-18-8-4-5-11-32(18)12-7-13-36-26-15-24-21(14-25(26)35-3)27(22(16-30-24)28(29)34)31-23-10-6-9-20(17-33)19(23)2/h6,9-10,14-16,18,33H,4-5,7-8,11-13,17H2,1-3H3,(H2,29,34)(H,30,31). The summed E-state index contributed by atoms with van der Waals surface area (Å²) in [6.07, 6.45) is 6.25. The van der Waals surface area contributed by atoms with Crippen LogP contribution in [0.2, 0.25) is 0 Å². The third-order valence-corrected chi connectivity index (χ3v) is 7.08. The molecule has 0 saturated carbocycles. The lowest BCUT2D eigenvalue weighted by Crippen LogP contribution is -2.38. The number of primary amides is 1. The molecule has 1 aromatic heterocycles. The number of hydrogen-bond donors (Lipinski definition) is 3. The Morgan fingerprint density at radius 3 is 2.83 bits per heavy atom. The first-order valence-electron chi connectivity index (χ1n) is 12.6. The van der Waals surface area contributed by atoms with E-state index in [-0.39, 0.29) is 12.2 Å². The van der Waals surface area contributed by atoms with E-state index in [1.807, 2.05) is 37.3 Å². The van der Waals surface area contributed by atoms with E-state index in [2.05, 4.69) is 22.1 Å². The smallest absolute Gasteiger partial charge is 0.252 e. The average molecular weight is 493 g/mol. The quantitative estimate of drug-likeness (QED) is 0.357. The maximum atomic E-state index is 12.3. The van der Waals surface area contributed by atoms with Gasteiger partial charge < -0.3 is 30.5 Å². The second-order valence-electron chi connectivity index (χ2n) is 9.39. The Hall–Kier alpha value is -3.36. The molecule has 192 valence electrons. The number of aliphatic hydroxyl groups excluding tert-OH is 1. The Bertz CT molecular complexity index is 1230. The van der Waals surface area contributed by atoms with Crippen LogP contribution in [0.1, 0.15) is 54.1 Å². The number of benzene rings is 2. The molecule has 3 aromatic rings. The average Bonchev–Trinajstić information content (AvgIpc) is 2.88. The van der Waals surface area contributed by atoms with E-state index >= 15 is 0 Å². The number of aromatic nitrogens is 1. The van der Waals surface area contributed by atoms with Gasteiger partial charge in [-0.2, -0.15) is 0 Å². The van der Waals surface area contributed by atoms with Crippen molar-refractivity contribution in [1.82, 2.24) is 9.88 Å². The van der Waals surface area contributed by atoms with Crippen molar-refractivity contribution >= 4 is 28.2 Å². The maximum absolute atomic E-state index is 12.3. The van der Waals surface area contributed by atoms with Gasteiger partial charge in [-0.15, -0.1) is 0 Å². The Balaban J connectivity index is 1.61. The van der Waals surface area contributed by atoms with E-state index in [4.69, 9.17) is 15.2 Å². The minimum absolute atomic E-state index is 0.0771. The van der Waals surface area contributed by atoms with Gasteiger partial charge in [0.1, 0.15) is 0 Å². The summed E-state index contributed by atoms with van der Waals surface area (Å²) in [6, 6.07) is 9.90. The van der Waals surface area contributed by atoms with Crippen LogP contribution in [0.15, 0.2) is 36.5 Å². The fraction of sp³-hybridized carbons (Fsp3) is 0.429. The van der Waals surface area contributed by atoms with E-state index in [1.165, 1.54) is 25.5 Å². The highest BCUT2D eigenvalue weighted by Crippen LogP contribution is 2.38. The van der Waals surface area contributed by atoms with Crippen LogP contribution in [0.4, 0.5) is 11.4 Å². The van der Waals surface area contributed by atoms with Crippen molar-refractivity contribution in [3.8, 4) is 11.5 Å². The SMILES string of the molecule is COc1cc2c(Nc3cccc(CO)c3C)c(C(N)=O)cnc2cc1OCCCN1CCCCC1C. The fourth-order valence-corrected chi connectivity index (χ4v) is 4.86. The van der Waals surface area contributed by atoms with E-state index < -0.39 is 5.91 Å². The van der Waals surface area contributed by atoms with E-state index in [0.29, 0.717) is 40.7 Å². The van der Waals surface area contributed by atoms with Gasteiger partial charge in [0.15, 0.2) is 11.5 Å². The van der Waals surface area contributed by atoms with Crippen LogP contribution in [0.5, 0.6) is 11.5 Å². The highest BCUT2D eigenvalue weighted by molar-refractivity contribution is 6.08. The molecule has 2 aromatic carbocycles. The molecule has 1 saturated heterocycles. The zero-order chi connectivity index (χ0) is 25.7. The number of carbonyl (C=O) groups is 1. The molecule has 8 nitrogen and oxygen atoms in total. The molecule has 0 radical (unpaired) electrons. The van der Waals surface area contributed by atoms with Crippen LogP contribution in [-0.2, 0) is 6.61 Å². The number of carbonyl (C=O) groups excluding carboxylic acids is 1. The van der Waals surface area contributed by atoms with Crippen molar-refractivity contribution in [2.75, 3.05) is 32.1 Å². The van der Waals surface area contributed by atoms with Crippen molar-refractivity contribution in [2.24, 2.45) is 5.73 Å². The van der Waals surface area contributed by atoms with E-state index in [1.54, 1.807) is 7.11 Å². The summed E-state index contributed by atoms with van der Waals surface area (Å²) in [6.45, 7) is 6.87. The predicted octanol–water partition coefficient (Wildman–Crippen LogP) is 4.53. The van der Waals surface area contributed by atoms with Gasteiger partial charge in [0.2, 0.25) is 0 Å². The molecule has 8 heteroatoms. The first-order chi connectivity index (χ1) is 17.4. The first-order valence-corrected chi connectivity index (χ1v) is 12.6. The first kappa shape index (κ1) is 25.7. The molecule has 4 rings (SSSR count). The highest BCUT2D eigenvalue weighted by atomic mass is 16.5. The van der Waals surface area contributed by atoms with Crippen LogP contribution in [0.25, 0.3) is 10.9 Å². The lowest BCUT2D eigenvalue weighted by Gasteiger charge is -2.33. The molecule has 1 aliphatic rings. The number of pyridine rings is 1. The fourth-order valence-electron chi connectivity index (χ4n) is 4.86. The minimum Gasteiger partial charge on any atom is -0.493 e. The van der Waals surface area contributed by atoms with Crippen molar-refractivity contribution in [3.05, 3.63) is 53.2 Å². The number of piperidine rings is 1. The molecule has 36 heavy (non-hydrogen) atoms. The van der Waals surface area contributed by atoms with Gasteiger partial charge in [-0.3, -0.25) is 9.78 Å². The van der Waals surface area contributed by atoms with Gasteiger partial charge in [-0.05, 0) is 62.9 Å². The number of aliphatic hydroxyl groups is 1. The molecule has 1 fully saturated rings. The lowest BCUT2D eigenvalue weighted by molar-refractivity contribution is 0.100. The van der Waals surface area contributed by atoms with Gasteiger partial charge >= 0.3 is 0 Å². The number of rotatable bonds is 10. The van der Waals surface area contributed by atoms with Gasteiger partial charge in [-0.25, -0.2) is 0 Å². The second-order valence-corrected chi connectivity index (χ2v) is 9.39. The lowest BCUT2D eigenvalue weighted by atomic mass is 10.0. The largest absolute Gasteiger partial charge is 0.493 e.